The standard InChI is InChI=1S/C72H118NO8P/c1-6-8-10-12-14-16-18-20-22-24-26-28-30-31-32-33-34-35-36-37-38-39-40-41-43-45-47-49-51-53-55-57-59-61-63-65-72(75)81-70(69-80-82(76,77)79-67-66-73(3,4)5)68-78-71(74)64-62-60-58-56-54-52-50-48-46-44-42-29-27-25-23-21-19-17-15-13-11-9-7-2/h8-11,14-17,20-23,26-29,31-32,34-35,37-38,40-41,44,46,70H,6-7,12-13,18-19,24-25,30,33,36,39,42-43,45,47-69H2,1-5H3/b10-8-,11-9-,16-14-,17-15-,22-20-,23-21-,28-26-,29-27-,32-31-,35-34-,38-37-,41-40-,46-44-. The lowest BCUT2D eigenvalue weighted by atomic mass is 10.0. The van der Waals surface area contributed by atoms with E-state index in [4.69, 9.17) is 18.5 Å². The first-order chi connectivity index (χ1) is 40.0. The predicted molar refractivity (Wildman–Crippen MR) is 350 cm³/mol. The number of phosphoric ester groups is 1. The second-order valence-corrected chi connectivity index (χ2v) is 23.4. The van der Waals surface area contributed by atoms with Crippen molar-refractivity contribution in [3.63, 3.8) is 0 Å². The molecule has 0 radical (unpaired) electrons. The van der Waals surface area contributed by atoms with E-state index in [9.17, 15) is 19.0 Å². The molecule has 0 saturated heterocycles. The summed E-state index contributed by atoms with van der Waals surface area (Å²) < 4.78 is 34.2. The van der Waals surface area contributed by atoms with Crippen molar-refractivity contribution in [2.45, 2.75) is 238 Å². The molecule has 82 heavy (non-hydrogen) atoms. The minimum absolute atomic E-state index is 0.0422. The van der Waals surface area contributed by atoms with Crippen LogP contribution in [0.3, 0.4) is 0 Å². The van der Waals surface area contributed by atoms with Crippen LogP contribution in [0.5, 0.6) is 0 Å². The molecule has 0 aliphatic rings. The summed E-state index contributed by atoms with van der Waals surface area (Å²) in [6.07, 6.45) is 91.5. The summed E-state index contributed by atoms with van der Waals surface area (Å²) in [5.74, 6) is -0.861. The summed E-state index contributed by atoms with van der Waals surface area (Å²) >= 11 is 0. The lowest BCUT2D eigenvalue weighted by Gasteiger charge is -2.28. The largest absolute Gasteiger partial charge is 0.756 e. The van der Waals surface area contributed by atoms with Gasteiger partial charge in [0.15, 0.2) is 6.10 Å². The predicted octanol–water partition coefficient (Wildman–Crippen LogP) is 20.2. The molecule has 0 spiro atoms. The molecule has 0 N–H and O–H groups in total. The monoisotopic (exact) mass is 1160 g/mol. The lowest BCUT2D eigenvalue weighted by Crippen LogP contribution is -2.37. The van der Waals surface area contributed by atoms with Crippen LogP contribution in [0.15, 0.2) is 158 Å². The fraction of sp³-hybridized carbons (Fsp3) is 0.611. The van der Waals surface area contributed by atoms with Crippen LogP contribution in [0.1, 0.15) is 232 Å². The van der Waals surface area contributed by atoms with Crippen LogP contribution >= 0.6 is 7.82 Å². The van der Waals surface area contributed by atoms with Crippen molar-refractivity contribution in [1.29, 1.82) is 0 Å². The lowest BCUT2D eigenvalue weighted by molar-refractivity contribution is -0.870. The summed E-state index contributed by atoms with van der Waals surface area (Å²) in [6.45, 7) is 3.98. The number of allylic oxidation sites excluding steroid dienone is 26. The maximum atomic E-state index is 12.8. The fourth-order valence-corrected chi connectivity index (χ4v) is 8.90. The van der Waals surface area contributed by atoms with Gasteiger partial charge in [-0.05, 0) is 122 Å². The summed E-state index contributed by atoms with van der Waals surface area (Å²) in [5.41, 5.74) is 0. The number of hydrogen-bond donors (Lipinski definition) is 0. The van der Waals surface area contributed by atoms with Crippen LogP contribution in [0.25, 0.3) is 0 Å². The Bertz CT molecular complexity index is 1940. The quantitative estimate of drug-likeness (QED) is 0.0195. The van der Waals surface area contributed by atoms with Crippen LogP contribution in [-0.2, 0) is 32.7 Å². The van der Waals surface area contributed by atoms with Gasteiger partial charge in [0.05, 0.1) is 27.7 Å². The molecule has 0 heterocycles. The van der Waals surface area contributed by atoms with E-state index < -0.39 is 32.5 Å². The molecule has 0 amide bonds. The smallest absolute Gasteiger partial charge is 0.306 e. The number of ether oxygens (including phenoxy) is 2. The molecule has 10 heteroatoms. The van der Waals surface area contributed by atoms with Crippen LogP contribution in [-0.4, -0.2) is 70.0 Å². The molecular formula is C72H118NO8P. The average molecular weight is 1160 g/mol. The molecule has 0 aromatic rings. The number of rotatable bonds is 57. The van der Waals surface area contributed by atoms with E-state index in [1.165, 1.54) is 57.8 Å². The number of phosphoric acid groups is 1. The number of esters is 2. The minimum atomic E-state index is -4.66. The number of hydrogen-bond acceptors (Lipinski definition) is 8. The Morgan fingerprint density at radius 2 is 0.659 bits per heavy atom. The molecule has 2 atom stereocenters. The first-order valence-electron chi connectivity index (χ1n) is 32.2. The van der Waals surface area contributed by atoms with Crippen LogP contribution in [0.2, 0.25) is 0 Å². The van der Waals surface area contributed by atoms with Crippen LogP contribution in [0.4, 0.5) is 0 Å². The number of quaternary nitrogens is 1. The summed E-state index contributed by atoms with van der Waals surface area (Å²) in [7, 11) is 1.13. The third-order valence-corrected chi connectivity index (χ3v) is 14.0. The maximum absolute atomic E-state index is 12.8. The van der Waals surface area contributed by atoms with Gasteiger partial charge in [-0.1, -0.05) is 255 Å². The normalized spacial score (nSPS) is 14.3. The topological polar surface area (TPSA) is 111 Å². The van der Waals surface area contributed by atoms with Crippen LogP contribution in [0, 0.1) is 0 Å². The molecule has 2 unspecified atom stereocenters. The van der Waals surface area contributed by atoms with Gasteiger partial charge in [0.2, 0.25) is 0 Å². The Hall–Kier alpha value is -4.37. The maximum Gasteiger partial charge on any atom is 0.306 e. The molecule has 464 valence electrons. The SMILES string of the molecule is CC/C=C\C/C=C\C/C=C\C/C=C\C/C=C\C/C=C\C/C=C\C/C=C\CCCCCCCCCCCCC(=O)OC(COC(=O)CCCCCCCCC/C=C\C/C=C\C/C=C\C/C=C\C/C=C\CC)COP(=O)([O-])OCC[N+](C)(C)C. The Morgan fingerprint density at radius 1 is 0.378 bits per heavy atom. The van der Waals surface area contributed by atoms with Gasteiger partial charge >= 0.3 is 11.9 Å². The van der Waals surface area contributed by atoms with Crippen molar-refractivity contribution in [3.05, 3.63) is 158 Å². The van der Waals surface area contributed by atoms with Gasteiger partial charge in [-0.15, -0.1) is 0 Å². The van der Waals surface area contributed by atoms with Crippen molar-refractivity contribution in [3.8, 4) is 0 Å². The van der Waals surface area contributed by atoms with Gasteiger partial charge in [0.25, 0.3) is 7.82 Å². The minimum Gasteiger partial charge on any atom is -0.756 e. The summed E-state index contributed by atoms with van der Waals surface area (Å²) in [6, 6.07) is 0. The van der Waals surface area contributed by atoms with Gasteiger partial charge < -0.3 is 27.9 Å². The van der Waals surface area contributed by atoms with E-state index >= 15 is 0 Å². The molecule has 0 aromatic heterocycles. The summed E-state index contributed by atoms with van der Waals surface area (Å²) in [4.78, 5) is 38.0. The zero-order chi connectivity index (χ0) is 59.8. The van der Waals surface area contributed by atoms with Gasteiger partial charge in [-0.25, -0.2) is 0 Å². The van der Waals surface area contributed by atoms with E-state index in [1.807, 2.05) is 21.1 Å². The van der Waals surface area contributed by atoms with Crippen molar-refractivity contribution in [2.75, 3.05) is 47.5 Å². The highest BCUT2D eigenvalue weighted by Gasteiger charge is 2.22. The number of likely N-dealkylation sites (N-methyl/N-ethyl adjacent to an activating group) is 1. The van der Waals surface area contributed by atoms with E-state index in [-0.39, 0.29) is 26.1 Å². The van der Waals surface area contributed by atoms with Gasteiger partial charge in [-0.3, -0.25) is 14.2 Å². The highest BCUT2D eigenvalue weighted by Crippen LogP contribution is 2.38. The third kappa shape index (κ3) is 64.8. The molecule has 0 aromatic carbocycles. The van der Waals surface area contributed by atoms with Crippen LogP contribution < -0.4 is 4.89 Å². The zero-order valence-electron chi connectivity index (χ0n) is 52.6. The summed E-state index contributed by atoms with van der Waals surface area (Å²) in [5, 5.41) is 0. The molecule has 0 bridgehead atoms. The number of unbranched alkanes of at least 4 members (excludes halogenated alkanes) is 17. The highest BCUT2D eigenvalue weighted by molar-refractivity contribution is 7.45. The second kappa shape index (κ2) is 61.2. The van der Waals surface area contributed by atoms with Gasteiger partial charge in [-0.2, -0.15) is 0 Å². The zero-order valence-corrected chi connectivity index (χ0v) is 53.5. The molecule has 0 aliphatic carbocycles. The Kier molecular flexibility index (Phi) is 57.9. The number of carbonyl (C=O) groups is 2. The highest BCUT2D eigenvalue weighted by atomic mass is 31.2. The second-order valence-electron chi connectivity index (χ2n) is 22.0. The molecule has 0 aliphatic heterocycles. The fourth-order valence-electron chi connectivity index (χ4n) is 8.17. The Balaban J connectivity index is 4.17. The van der Waals surface area contributed by atoms with E-state index in [0.29, 0.717) is 23.9 Å². The van der Waals surface area contributed by atoms with Crippen molar-refractivity contribution in [1.82, 2.24) is 0 Å². The van der Waals surface area contributed by atoms with Gasteiger partial charge in [0, 0.05) is 12.8 Å². The average Bonchev–Trinajstić information content (AvgIpc) is 3.45. The first kappa shape index (κ1) is 77.6. The Labute approximate surface area is 503 Å². The van der Waals surface area contributed by atoms with E-state index in [2.05, 4.69) is 172 Å². The first-order valence-corrected chi connectivity index (χ1v) is 33.7. The van der Waals surface area contributed by atoms with E-state index in [1.54, 1.807) is 0 Å². The van der Waals surface area contributed by atoms with Gasteiger partial charge in [0.1, 0.15) is 19.8 Å². The van der Waals surface area contributed by atoms with E-state index in [0.717, 1.165) is 135 Å². The Morgan fingerprint density at radius 3 is 0.976 bits per heavy atom. The molecule has 0 saturated carbocycles. The van der Waals surface area contributed by atoms with Crippen molar-refractivity contribution < 1.29 is 42.1 Å². The third-order valence-electron chi connectivity index (χ3n) is 13.0. The number of carbonyl (C=O) groups excluding carboxylic acids is 2. The molecule has 0 rings (SSSR count). The molecule has 9 nitrogen and oxygen atoms in total. The molecule has 0 fully saturated rings. The van der Waals surface area contributed by atoms with Crippen molar-refractivity contribution in [2.24, 2.45) is 0 Å². The number of nitrogens with zero attached hydrogens (tertiary/aromatic N) is 1. The molecular weight excluding hydrogens is 1040 g/mol. The van der Waals surface area contributed by atoms with Crippen molar-refractivity contribution >= 4 is 19.8 Å².